The molecule has 1 amide bonds. The van der Waals surface area contributed by atoms with Crippen molar-refractivity contribution in [1.82, 2.24) is 4.90 Å². The van der Waals surface area contributed by atoms with Gasteiger partial charge in [0.2, 0.25) is 0 Å². The fraction of sp³-hybridized carbons (Fsp3) is 0.462. The van der Waals surface area contributed by atoms with Crippen molar-refractivity contribution < 1.29 is 19.7 Å². The minimum atomic E-state index is -0.380. The predicted octanol–water partition coefficient (Wildman–Crippen LogP) is 1.27. The summed E-state index contributed by atoms with van der Waals surface area (Å²) < 4.78 is 5.38. The van der Waals surface area contributed by atoms with Crippen LogP contribution in [0.25, 0.3) is 0 Å². The minimum absolute atomic E-state index is 0.106. The quantitative estimate of drug-likeness (QED) is 0.858. The Balaban J connectivity index is 2.22. The van der Waals surface area contributed by atoms with Crippen molar-refractivity contribution >= 4 is 17.5 Å². The summed E-state index contributed by atoms with van der Waals surface area (Å²) >= 11 is 5.74. The number of aliphatic hydroxyl groups is 1. The van der Waals surface area contributed by atoms with E-state index < -0.39 is 0 Å². The number of phenols is 1. The maximum absolute atomic E-state index is 12.4. The summed E-state index contributed by atoms with van der Waals surface area (Å²) in [5, 5.41) is 19.3. The lowest BCUT2D eigenvalue weighted by molar-refractivity contribution is -0.0667. The molecule has 2 N–H and O–H groups in total. The molecule has 1 saturated heterocycles. The molecule has 19 heavy (non-hydrogen) atoms. The fourth-order valence-electron chi connectivity index (χ4n) is 2.05. The number of amides is 1. The fourth-order valence-corrected chi connectivity index (χ4v) is 2.22. The van der Waals surface area contributed by atoms with Crippen LogP contribution in [-0.2, 0) is 4.74 Å². The Kier molecular flexibility index (Phi) is 4.29. The summed E-state index contributed by atoms with van der Waals surface area (Å²) in [4.78, 5) is 14.0. The zero-order valence-corrected chi connectivity index (χ0v) is 11.3. The third-order valence-electron chi connectivity index (χ3n) is 3.16. The summed E-state index contributed by atoms with van der Waals surface area (Å²) in [7, 11) is 0. The van der Waals surface area contributed by atoms with Crippen LogP contribution < -0.4 is 0 Å². The molecule has 0 bridgehead atoms. The summed E-state index contributed by atoms with van der Waals surface area (Å²) in [6.45, 7) is 2.39. The molecule has 2 atom stereocenters. The van der Waals surface area contributed by atoms with Crippen molar-refractivity contribution in [2.24, 2.45) is 0 Å². The zero-order valence-electron chi connectivity index (χ0n) is 10.5. The number of hydrogen-bond acceptors (Lipinski definition) is 4. The monoisotopic (exact) mass is 285 g/mol. The van der Waals surface area contributed by atoms with Crippen molar-refractivity contribution in [3.63, 3.8) is 0 Å². The van der Waals surface area contributed by atoms with Crippen molar-refractivity contribution in [2.45, 2.75) is 19.1 Å². The second-order valence-corrected chi connectivity index (χ2v) is 5.04. The Labute approximate surface area is 116 Å². The van der Waals surface area contributed by atoms with E-state index in [0.717, 1.165) is 0 Å². The number of halogens is 1. The average molecular weight is 286 g/mol. The lowest BCUT2D eigenvalue weighted by Gasteiger charge is -2.37. The van der Waals surface area contributed by atoms with E-state index in [1.807, 2.05) is 6.92 Å². The van der Waals surface area contributed by atoms with Gasteiger partial charge in [-0.05, 0) is 25.1 Å². The molecule has 0 aromatic heterocycles. The lowest BCUT2D eigenvalue weighted by atomic mass is 10.1. The first kappa shape index (κ1) is 14.1. The van der Waals surface area contributed by atoms with Gasteiger partial charge in [0.1, 0.15) is 5.75 Å². The number of hydrogen-bond donors (Lipinski definition) is 2. The van der Waals surface area contributed by atoms with Gasteiger partial charge in [-0.3, -0.25) is 4.79 Å². The van der Waals surface area contributed by atoms with Crippen LogP contribution >= 0.6 is 11.6 Å². The van der Waals surface area contributed by atoms with E-state index >= 15 is 0 Å². The maximum atomic E-state index is 12.4. The number of carbonyl (C=O) groups is 1. The van der Waals surface area contributed by atoms with Crippen molar-refractivity contribution in [3.8, 4) is 5.75 Å². The SMILES string of the molecule is CC1COC(CO)CN1C(=O)c1ccc(Cl)cc1O. The first-order valence-electron chi connectivity index (χ1n) is 6.05. The summed E-state index contributed by atoms with van der Waals surface area (Å²) in [5.41, 5.74) is 0.204. The van der Waals surface area contributed by atoms with Gasteiger partial charge >= 0.3 is 0 Å². The number of morpholine rings is 1. The zero-order chi connectivity index (χ0) is 14.0. The number of ether oxygens (including phenoxy) is 1. The predicted molar refractivity (Wildman–Crippen MR) is 70.4 cm³/mol. The Morgan fingerprint density at radius 3 is 2.95 bits per heavy atom. The van der Waals surface area contributed by atoms with Crippen molar-refractivity contribution in [2.75, 3.05) is 19.8 Å². The van der Waals surface area contributed by atoms with Gasteiger partial charge in [0.25, 0.3) is 5.91 Å². The Hall–Kier alpha value is -1.30. The van der Waals surface area contributed by atoms with E-state index in [2.05, 4.69) is 0 Å². The van der Waals surface area contributed by atoms with Crippen LogP contribution in [0.4, 0.5) is 0 Å². The van der Waals surface area contributed by atoms with E-state index in [1.54, 1.807) is 11.0 Å². The smallest absolute Gasteiger partial charge is 0.258 e. The lowest BCUT2D eigenvalue weighted by Crippen LogP contribution is -2.52. The van der Waals surface area contributed by atoms with E-state index in [-0.39, 0.29) is 36.0 Å². The third-order valence-corrected chi connectivity index (χ3v) is 3.40. The molecule has 1 aromatic carbocycles. The highest BCUT2D eigenvalue weighted by atomic mass is 35.5. The molecule has 0 radical (unpaired) electrons. The van der Waals surface area contributed by atoms with Crippen LogP contribution in [0, 0.1) is 0 Å². The number of carbonyl (C=O) groups excluding carboxylic acids is 1. The summed E-state index contributed by atoms with van der Waals surface area (Å²) in [5.74, 6) is -0.430. The van der Waals surface area contributed by atoms with Gasteiger partial charge in [-0.2, -0.15) is 0 Å². The molecule has 104 valence electrons. The standard InChI is InChI=1S/C13H16ClNO4/c1-8-7-19-10(6-16)5-15(8)13(18)11-3-2-9(14)4-12(11)17/h2-4,8,10,16-17H,5-7H2,1H3. The van der Waals surface area contributed by atoms with Gasteiger partial charge in [-0.15, -0.1) is 0 Å². The Morgan fingerprint density at radius 1 is 1.58 bits per heavy atom. The first-order chi connectivity index (χ1) is 9.02. The molecular weight excluding hydrogens is 270 g/mol. The molecule has 0 aliphatic carbocycles. The molecule has 1 aliphatic rings. The van der Waals surface area contributed by atoms with Crippen LogP contribution in [-0.4, -0.2) is 52.9 Å². The third kappa shape index (κ3) is 3.00. The van der Waals surface area contributed by atoms with Gasteiger partial charge in [0.15, 0.2) is 0 Å². The summed E-state index contributed by atoms with van der Waals surface area (Å²) in [6, 6.07) is 4.29. The number of nitrogens with zero attached hydrogens (tertiary/aromatic N) is 1. The highest BCUT2D eigenvalue weighted by Crippen LogP contribution is 2.25. The van der Waals surface area contributed by atoms with E-state index in [0.29, 0.717) is 18.2 Å². The molecule has 1 heterocycles. The van der Waals surface area contributed by atoms with Crippen LogP contribution in [0.5, 0.6) is 5.75 Å². The van der Waals surface area contributed by atoms with Crippen LogP contribution in [0.15, 0.2) is 18.2 Å². The number of benzene rings is 1. The van der Waals surface area contributed by atoms with Crippen LogP contribution in [0.2, 0.25) is 5.02 Å². The van der Waals surface area contributed by atoms with Crippen LogP contribution in [0.3, 0.4) is 0 Å². The average Bonchev–Trinajstić information content (AvgIpc) is 2.38. The molecule has 0 saturated carbocycles. The number of aromatic hydroxyl groups is 1. The number of rotatable bonds is 2. The van der Waals surface area contributed by atoms with Gasteiger partial charge < -0.3 is 19.8 Å². The Bertz CT molecular complexity index is 480. The highest BCUT2D eigenvalue weighted by Gasteiger charge is 2.30. The van der Waals surface area contributed by atoms with Crippen LogP contribution in [0.1, 0.15) is 17.3 Å². The molecule has 1 aromatic rings. The van der Waals surface area contributed by atoms with Gasteiger partial charge in [-0.25, -0.2) is 0 Å². The molecule has 0 spiro atoms. The number of aliphatic hydroxyl groups excluding tert-OH is 1. The molecule has 1 aliphatic heterocycles. The number of phenolic OH excluding ortho intramolecular Hbond substituents is 1. The van der Waals surface area contributed by atoms with Gasteiger partial charge in [0.05, 0.1) is 30.9 Å². The largest absolute Gasteiger partial charge is 0.507 e. The van der Waals surface area contributed by atoms with Crippen molar-refractivity contribution in [3.05, 3.63) is 28.8 Å². The topological polar surface area (TPSA) is 70.0 Å². The van der Waals surface area contributed by atoms with Gasteiger partial charge in [-0.1, -0.05) is 11.6 Å². The Morgan fingerprint density at radius 2 is 2.32 bits per heavy atom. The van der Waals surface area contributed by atoms with E-state index in [4.69, 9.17) is 21.4 Å². The first-order valence-corrected chi connectivity index (χ1v) is 6.42. The second-order valence-electron chi connectivity index (χ2n) is 4.61. The summed E-state index contributed by atoms with van der Waals surface area (Å²) in [6.07, 6.45) is -0.380. The molecule has 5 nitrogen and oxygen atoms in total. The molecule has 2 rings (SSSR count). The van der Waals surface area contributed by atoms with E-state index in [1.165, 1.54) is 12.1 Å². The molecule has 1 fully saturated rings. The van der Waals surface area contributed by atoms with Crippen molar-refractivity contribution in [1.29, 1.82) is 0 Å². The molecular formula is C13H16ClNO4. The van der Waals surface area contributed by atoms with E-state index in [9.17, 15) is 9.90 Å². The maximum Gasteiger partial charge on any atom is 0.258 e. The highest BCUT2D eigenvalue weighted by molar-refractivity contribution is 6.30. The van der Waals surface area contributed by atoms with Gasteiger partial charge in [0, 0.05) is 11.6 Å². The minimum Gasteiger partial charge on any atom is -0.507 e. The second kappa shape index (κ2) is 5.77. The molecule has 6 heteroatoms. The normalized spacial score (nSPS) is 23.4. The molecule has 2 unspecified atom stereocenters.